The number of carbonyl (C=O) groups is 1. The maximum atomic E-state index is 11.9. The van der Waals surface area contributed by atoms with Gasteiger partial charge in [0.2, 0.25) is 0 Å². The van der Waals surface area contributed by atoms with Gasteiger partial charge in [0.15, 0.2) is 0 Å². The Hall–Kier alpha value is -2.22. The highest BCUT2D eigenvalue weighted by Gasteiger charge is 2.20. The summed E-state index contributed by atoms with van der Waals surface area (Å²) in [5.41, 5.74) is 1.98. The first-order valence-corrected chi connectivity index (χ1v) is 7.78. The molecule has 1 aromatic carbocycles. The summed E-state index contributed by atoms with van der Waals surface area (Å²) in [4.78, 5) is 13.7. The molecule has 0 aliphatic carbocycles. The van der Waals surface area contributed by atoms with Crippen molar-refractivity contribution in [2.24, 2.45) is 5.41 Å². The summed E-state index contributed by atoms with van der Waals surface area (Å²) in [6.07, 6.45) is 2.40. The van der Waals surface area contributed by atoms with Crippen molar-refractivity contribution >= 4 is 17.4 Å². The summed E-state index contributed by atoms with van der Waals surface area (Å²) in [6, 6.07) is 10.1. The van der Waals surface area contributed by atoms with Crippen LogP contribution in [-0.2, 0) is 0 Å². The molecule has 1 saturated heterocycles. The van der Waals surface area contributed by atoms with Crippen LogP contribution in [0.4, 0.5) is 16.2 Å². The molecule has 2 rings (SSSR count). The Kier molecular flexibility index (Phi) is 5.26. The van der Waals surface area contributed by atoms with Crippen molar-refractivity contribution in [3.8, 4) is 6.07 Å². The van der Waals surface area contributed by atoms with Crippen LogP contribution in [0.5, 0.6) is 0 Å². The summed E-state index contributed by atoms with van der Waals surface area (Å²) in [5.74, 6) is 0. The van der Waals surface area contributed by atoms with Gasteiger partial charge in [-0.25, -0.2) is 4.79 Å². The predicted octanol–water partition coefficient (Wildman–Crippen LogP) is 3.35. The Morgan fingerprint density at radius 1 is 1.45 bits per heavy atom. The molecule has 1 heterocycles. The number of urea groups is 1. The van der Waals surface area contributed by atoms with Gasteiger partial charge in [0.25, 0.3) is 0 Å². The summed E-state index contributed by atoms with van der Waals surface area (Å²) >= 11 is 0. The van der Waals surface area contributed by atoms with Gasteiger partial charge >= 0.3 is 6.03 Å². The van der Waals surface area contributed by atoms with Crippen LogP contribution in [0, 0.1) is 16.7 Å². The maximum Gasteiger partial charge on any atom is 0.321 e. The van der Waals surface area contributed by atoms with Crippen molar-refractivity contribution in [2.75, 3.05) is 29.9 Å². The van der Waals surface area contributed by atoms with Gasteiger partial charge < -0.3 is 10.6 Å². The minimum atomic E-state index is -0.0299. The van der Waals surface area contributed by atoms with Crippen molar-refractivity contribution in [1.82, 2.24) is 5.32 Å². The first-order chi connectivity index (χ1) is 10.5. The number of benzene rings is 1. The Balaban J connectivity index is 1.99. The van der Waals surface area contributed by atoms with Gasteiger partial charge in [-0.1, -0.05) is 19.9 Å². The number of nitrogens with one attached hydrogen (secondary N) is 2. The zero-order valence-corrected chi connectivity index (χ0v) is 13.4. The average Bonchev–Trinajstić information content (AvgIpc) is 2.52. The number of hydrogen-bond donors (Lipinski definition) is 2. The van der Waals surface area contributed by atoms with Gasteiger partial charge in [-0.05, 0) is 36.5 Å². The van der Waals surface area contributed by atoms with E-state index in [1.54, 1.807) is 4.90 Å². The van der Waals surface area contributed by atoms with E-state index in [1.165, 1.54) is 0 Å². The monoisotopic (exact) mass is 300 g/mol. The molecular formula is C17H24N4O. The van der Waals surface area contributed by atoms with Crippen molar-refractivity contribution in [3.63, 3.8) is 0 Å². The number of nitriles is 1. The fourth-order valence-electron chi connectivity index (χ4n) is 2.48. The Morgan fingerprint density at radius 2 is 2.27 bits per heavy atom. The fourth-order valence-corrected chi connectivity index (χ4v) is 2.48. The highest BCUT2D eigenvalue weighted by Crippen LogP contribution is 2.25. The van der Waals surface area contributed by atoms with Crippen LogP contribution >= 0.6 is 0 Å². The summed E-state index contributed by atoms with van der Waals surface area (Å²) < 4.78 is 0. The predicted molar refractivity (Wildman–Crippen MR) is 88.9 cm³/mol. The average molecular weight is 300 g/mol. The van der Waals surface area contributed by atoms with Gasteiger partial charge in [-0.2, -0.15) is 5.26 Å². The molecule has 2 N–H and O–H groups in total. The van der Waals surface area contributed by atoms with Crippen LogP contribution in [-0.4, -0.2) is 25.7 Å². The van der Waals surface area contributed by atoms with Gasteiger partial charge in [-0.3, -0.25) is 4.90 Å². The normalized spacial score (nSPS) is 15.1. The number of hydrogen-bond acceptors (Lipinski definition) is 3. The molecule has 0 bridgehead atoms. The number of amides is 2. The van der Waals surface area contributed by atoms with E-state index in [2.05, 4.69) is 30.6 Å². The molecular weight excluding hydrogens is 276 g/mol. The standard InChI is InChI=1S/C17H24N4O/c1-17(2,8-4-9-18)13-20-14-6-3-7-15(12-14)21-11-5-10-19-16(21)22/h3,6-7,12,20H,4-5,8,10-11,13H2,1-2H3,(H,19,22). The molecule has 118 valence electrons. The zero-order valence-electron chi connectivity index (χ0n) is 13.4. The summed E-state index contributed by atoms with van der Waals surface area (Å²) in [5, 5.41) is 15.0. The van der Waals surface area contributed by atoms with E-state index in [-0.39, 0.29) is 11.4 Å². The third kappa shape index (κ3) is 4.39. The lowest BCUT2D eigenvalue weighted by molar-refractivity contribution is 0.243. The third-order valence-electron chi connectivity index (χ3n) is 3.92. The molecule has 0 radical (unpaired) electrons. The van der Waals surface area contributed by atoms with Gasteiger partial charge in [0.1, 0.15) is 0 Å². The second kappa shape index (κ2) is 7.17. The van der Waals surface area contributed by atoms with E-state index >= 15 is 0 Å². The van der Waals surface area contributed by atoms with E-state index in [4.69, 9.17) is 5.26 Å². The van der Waals surface area contributed by atoms with E-state index < -0.39 is 0 Å². The lowest BCUT2D eigenvalue weighted by atomic mass is 9.88. The van der Waals surface area contributed by atoms with E-state index in [0.29, 0.717) is 6.42 Å². The molecule has 1 aliphatic heterocycles. The molecule has 1 aliphatic rings. The molecule has 0 unspecified atom stereocenters. The van der Waals surface area contributed by atoms with Crippen molar-refractivity contribution in [2.45, 2.75) is 33.1 Å². The number of nitrogens with zero attached hydrogens (tertiary/aromatic N) is 2. The Bertz CT molecular complexity index is 562. The molecule has 2 amide bonds. The van der Waals surface area contributed by atoms with Gasteiger partial charge in [0.05, 0.1) is 6.07 Å². The zero-order chi connectivity index (χ0) is 16.0. The Morgan fingerprint density at radius 3 is 3.00 bits per heavy atom. The highest BCUT2D eigenvalue weighted by molar-refractivity contribution is 5.93. The Labute approximate surface area is 132 Å². The quantitative estimate of drug-likeness (QED) is 0.846. The largest absolute Gasteiger partial charge is 0.384 e. The molecule has 0 atom stereocenters. The van der Waals surface area contributed by atoms with E-state index in [1.807, 2.05) is 24.3 Å². The first kappa shape index (κ1) is 16.2. The molecule has 5 nitrogen and oxygen atoms in total. The molecule has 1 aromatic rings. The lowest BCUT2D eigenvalue weighted by Crippen LogP contribution is -2.46. The van der Waals surface area contributed by atoms with Crippen molar-refractivity contribution < 1.29 is 4.79 Å². The fraction of sp³-hybridized carbons (Fsp3) is 0.529. The number of carbonyl (C=O) groups excluding carboxylic acids is 1. The molecule has 0 spiro atoms. The summed E-state index contributed by atoms with van der Waals surface area (Å²) in [6.45, 7) is 6.60. The van der Waals surface area contributed by atoms with Gasteiger partial charge in [0, 0.05) is 37.4 Å². The lowest BCUT2D eigenvalue weighted by Gasteiger charge is -2.28. The van der Waals surface area contributed by atoms with Crippen LogP contribution in [0.3, 0.4) is 0 Å². The number of rotatable bonds is 6. The minimum Gasteiger partial charge on any atom is -0.384 e. The number of anilines is 2. The highest BCUT2D eigenvalue weighted by atomic mass is 16.2. The SMILES string of the molecule is CC(C)(CCC#N)CNc1cccc(N2CCCNC2=O)c1. The van der Waals surface area contributed by atoms with E-state index in [0.717, 1.165) is 43.9 Å². The van der Waals surface area contributed by atoms with Crippen LogP contribution in [0.25, 0.3) is 0 Å². The first-order valence-electron chi connectivity index (χ1n) is 7.78. The van der Waals surface area contributed by atoms with Crippen molar-refractivity contribution in [3.05, 3.63) is 24.3 Å². The van der Waals surface area contributed by atoms with Crippen LogP contribution in [0.1, 0.15) is 33.1 Å². The molecule has 0 aromatic heterocycles. The molecule has 1 fully saturated rings. The maximum absolute atomic E-state index is 11.9. The molecule has 0 saturated carbocycles. The van der Waals surface area contributed by atoms with Crippen LogP contribution in [0.2, 0.25) is 0 Å². The molecule has 22 heavy (non-hydrogen) atoms. The minimum absolute atomic E-state index is 0.0299. The second-order valence-electron chi connectivity index (χ2n) is 6.46. The van der Waals surface area contributed by atoms with E-state index in [9.17, 15) is 4.79 Å². The molecule has 5 heteroatoms. The van der Waals surface area contributed by atoms with Gasteiger partial charge in [-0.15, -0.1) is 0 Å². The second-order valence-corrected chi connectivity index (χ2v) is 6.46. The summed E-state index contributed by atoms with van der Waals surface area (Å²) in [7, 11) is 0. The third-order valence-corrected chi connectivity index (χ3v) is 3.92. The van der Waals surface area contributed by atoms with Crippen molar-refractivity contribution in [1.29, 1.82) is 5.26 Å². The smallest absolute Gasteiger partial charge is 0.321 e. The topological polar surface area (TPSA) is 68.2 Å². The van der Waals surface area contributed by atoms with Crippen LogP contribution < -0.4 is 15.5 Å². The van der Waals surface area contributed by atoms with Crippen LogP contribution in [0.15, 0.2) is 24.3 Å².